The molecule has 1 aromatic heterocycles. The van der Waals surface area contributed by atoms with Crippen molar-refractivity contribution in [2.45, 2.75) is 25.1 Å². The van der Waals surface area contributed by atoms with E-state index >= 15 is 0 Å². The van der Waals surface area contributed by atoms with Crippen LogP contribution in [0.15, 0.2) is 35.7 Å². The van der Waals surface area contributed by atoms with E-state index in [1.807, 2.05) is 55.8 Å². The topological polar surface area (TPSA) is 49.3 Å². The molecule has 1 aromatic carbocycles. The van der Waals surface area contributed by atoms with Crippen LogP contribution in [-0.2, 0) is 0 Å². The van der Waals surface area contributed by atoms with Crippen LogP contribution < -0.4 is 5.32 Å². The molecule has 0 fully saturated rings. The number of nitrogens with one attached hydrogen (secondary N) is 1. The zero-order valence-electron chi connectivity index (χ0n) is 13.0. The summed E-state index contributed by atoms with van der Waals surface area (Å²) < 4.78 is 0. The Morgan fingerprint density at radius 3 is 2.59 bits per heavy atom. The molecule has 2 aromatic rings. The van der Waals surface area contributed by atoms with Crippen LogP contribution in [0.3, 0.4) is 0 Å². The molecule has 5 heteroatoms. The lowest BCUT2D eigenvalue weighted by atomic mass is 10.0. The summed E-state index contributed by atoms with van der Waals surface area (Å²) in [5, 5.41) is 14.3. The van der Waals surface area contributed by atoms with Crippen LogP contribution in [0.4, 0.5) is 0 Å². The maximum atomic E-state index is 12.5. The second-order valence-corrected chi connectivity index (χ2v) is 7.24. The fourth-order valence-corrected chi connectivity index (χ4v) is 3.69. The van der Waals surface area contributed by atoms with Crippen molar-refractivity contribution in [3.05, 3.63) is 46.2 Å². The summed E-state index contributed by atoms with van der Waals surface area (Å²) in [7, 11) is 0. The number of carbonyl (C=O) groups is 1. The smallest absolute Gasteiger partial charge is 0.262 e. The number of aryl methyl sites for hydroxylation is 1. The van der Waals surface area contributed by atoms with Gasteiger partial charge in [-0.05, 0) is 37.1 Å². The molecule has 0 aliphatic carbocycles. The summed E-state index contributed by atoms with van der Waals surface area (Å²) in [6.07, 6.45) is 1.94. The fourth-order valence-electron chi connectivity index (χ4n) is 2.25. The second-order valence-electron chi connectivity index (χ2n) is 5.25. The van der Waals surface area contributed by atoms with Crippen LogP contribution in [-0.4, -0.2) is 35.2 Å². The van der Waals surface area contributed by atoms with Gasteiger partial charge in [0, 0.05) is 16.9 Å². The van der Waals surface area contributed by atoms with Gasteiger partial charge in [0.05, 0.1) is 11.5 Å². The van der Waals surface area contributed by atoms with Gasteiger partial charge in [0.2, 0.25) is 0 Å². The zero-order chi connectivity index (χ0) is 16.1. The van der Waals surface area contributed by atoms with Crippen molar-refractivity contribution in [2.24, 2.45) is 0 Å². The monoisotopic (exact) mass is 335 g/mol. The van der Waals surface area contributed by atoms with Crippen LogP contribution in [0.5, 0.6) is 0 Å². The predicted molar refractivity (Wildman–Crippen MR) is 95.8 cm³/mol. The molecule has 0 aliphatic rings. The highest BCUT2D eigenvalue weighted by atomic mass is 32.2. The minimum absolute atomic E-state index is 0.00624. The van der Waals surface area contributed by atoms with E-state index in [9.17, 15) is 9.90 Å². The minimum atomic E-state index is -0.0829. The molecule has 0 bridgehead atoms. The van der Waals surface area contributed by atoms with Crippen LogP contribution in [0.2, 0.25) is 0 Å². The third-order valence-corrected chi connectivity index (χ3v) is 5.71. The Labute approximate surface area is 139 Å². The summed E-state index contributed by atoms with van der Waals surface area (Å²) >= 11 is 3.00. The largest absolute Gasteiger partial charge is 0.395 e. The van der Waals surface area contributed by atoms with E-state index in [0.29, 0.717) is 4.88 Å². The first-order valence-electron chi connectivity index (χ1n) is 7.16. The summed E-state index contributed by atoms with van der Waals surface area (Å²) in [5.74, 6) is -0.0782. The molecule has 2 atom stereocenters. The number of benzene rings is 1. The average Bonchev–Trinajstić information content (AvgIpc) is 2.98. The third kappa shape index (κ3) is 3.91. The van der Waals surface area contributed by atoms with Gasteiger partial charge in [0.1, 0.15) is 0 Å². The predicted octanol–water partition coefficient (Wildman–Crippen LogP) is 3.57. The third-order valence-electron chi connectivity index (χ3n) is 3.63. The van der Waals surface area contributed by atoms with Gasteiger partial charge in [-0.2, -0.15) is 11.8 Å². The van der Waals surface area contributed by atoms with E-state index in [1.54, 1.807) is 11.8 Å². The number of aliphatic hydroxyl groups excluding tert-OH is 1. The van der Waals surface area contributed by atoms with Crippen LogP contribution in [0, 0.1) is 6.92 Å². The number of thiophene rings is 1. The van der Waals surface area contributed by atoms with Crippen molar-refractivity contribution >= 4 is 29.0 Å². The molecule has 0 spiro atoms. The molecule has 3 nitrogen and oxygen atoms in total. The van der Waals surface area contributed by atoms with Gasteiger partial charge in [-0.15, -0.1) is 11.3 Å². The molecule has 0 saturated heterocycles. The summed E-state index contributed by atoms with van der Waals surface area (Å²) in [6, 6.07) is 10.1. The van der Waals surface area contributed by atoms with Gasteiger partial charge < -0.3 is 10.4 Å². The first kappa shape index (κ1) is 17.1. The Morgan fingerprint density at radius 2 is 2.00 bits per heavy atom. The number of aliphatic hydroxyl groups is 1. The van der Waals surface area contributed by atoms with Gasteiger partial charge >= 0.3 is 0 Å². The van der Waals surface area contributed by atoms with Crippen molar-refractivity contribution in [1.82, 2.24) is 5.32 Å². The summed E-state index contributed by atoms with van der Waals surface area (Å²) in [5.41, 5.74) is 3.21. The number of amides is 1. The highest BCUT2D eigenvalue weighted by Gasteiger charge is 2.21. The van der Waals surface area contributed by atoms with Gasteiger partial charge in [-0.25, -0.2) is 0 Å². The average molecular weight is 335 g/mol. The highest BCUT2D eigenvalue weighted by Crippen LogP contribution is 2.28. The fraction of sp³-hybridized carbons (Fsp3) is 0.353. The number of rotatable bonds is 6. The molecule has 22 heavy (non-hydrogen) atoms. The summed E-state index contributed by atoms with van der Waals surface area (Å²) in [4.78, 5) is 13.2. The van der Waals surface area contributed by atoms with E-state index < -0.39 is 0 Å². The van der Waals surface area contributed by atoms with Crippen molar-refractivity contribution in [3.63, 3.8) is 0 Å². The Bertz CT molecular complexity index is 618. The van der Waals surface area contributed by atoms with Gasteiger partial charge in [-0.3, -0.25) is 4.79 Å². The number of hydrogen-bond acceptors (Lipinski definition) is 4. The van der Waals surface area contributed by atoms with Crippen molar-refractivity contribution < 1.29 is 9.90 Å². The van der Waals surface area contributed by atoms with Crippen LogP contribution >= 0.6 is 23.1 Å². The molecule has 118 valence electrons. The van der Waals surface area contributed by atoms with E-state index in [-0.39, 0.29) is 23.8 Å². The minimum Gasteiger partial charge on any atom is -0.395 e. The molecule has 2 N–H and O–H groups in total. The molecular weight excluding hydrogens is 314 g/mol. The number of hydrogen-bond donors (Lipinski definition) is 2. The van der Waals surface area contributed by atoms with Gasteiger partial charge in [-0.1, -0.05) is 29.8 Å². The quantitative estimate of drug-likeness (QED) is 0.848. The lowest BCUT2D eigenvalue weighted by Crippen LogP contribution is -2.41. The molecule has 1 heterocycles. The zero-order valence-corrected chi connectivity index (χ0v) is 14.6. The van der Waals surface area contributed by atoms with E-state index in [1.165, 1.54) is 16.9 Å². The Hall–Kier alpha value is -1.30. The van der Waals surface area contributed by atoms with Crippen molar-refractivity contribution in [3.8, 4) is 11.1 Å². The summed E-state index contributed by atoms with van der Waals surface area (Å²) in [6.45, 7) is 4.02. The second kappa shape index (κ2) is 7.81. The van der Waals surface area contributed by atoms with E-state index in [2.05, 4.69) is 5.32 Å². The lowest BCUT2D eigenvalue weighted by Gasteiger charge is -2.21. The first-order valence-corrected chi connectivity index (χ1v) is 9.32. The van der Waals surface area contributed by atoms with E-state index in [4.69, 9.17) is 0 Å². The Morgan fingerprint density at radius 1 is 1.32 bits per heavy atom. The van der Waals surface area contributed by atoms with Gasteiger partial charge in [0.25, 0.3) is 5.91 Å². The van der Waals surface area contributed by atoms with Crippen LogP contribution in [0.1, 0.15) is 22.2 Å². The van der Waals surface area contributed by atoms with Gasteiger partial charge in [0.15, 0.2) is 0 Å². The molecule has 0 saturated carbocycles. The van der Waals surface area contributed by atoms with E-state index in [0.717, 1.165) is 11.1 Å². The normalized spacial score (nSPS) is 13.6. The number of carbonyl (C=O) groups excluding carboxylic acids is 1. The number of thioether (sulfide) groups is 1. The van der Waals surface area contributed by atoms with Crippen molar-refractivity contribution in [1.29, 1.82) is 0 Å². The van der Waals surface area contributed by atoms with Crippen LogP contribution in [0.25, 0.3) is 11.1 Å². The maximum absolute atomic E-state index is 12.5. The molecule has 0 radical (unpaired) electrons. The maximum Gasteiger partial charge on any atom is 0.262 e. The van der Waals surface area contributed by atoms with Crippen molar-refractivity contribution in [2.75, 3.05) is 12.9 Å². The lowest BCUT2D eigenvalue weighted by molar-refractivity contribution is 0.0940. The molecule has 1 amide bonds. The molecule has 0 aliphatic heterocycles. The Kier molecular flexibility index (Phi) is 6.06. The molecule has 2 unspecified atom stereocenters. The SMILES string of the molecule is CSC(CO)C(C)NC(=O)c1sccc1-c1ccc(C)cc1. The molecular formula is C17H21NO2S2. The highest BCUT2D eigenvalue weighted by molar-refractivity contribution is 7.99. The molecule has 2 rings (SSSR count). The standard InChI is InChI=1S/C17H21NO2S2/c1-11-4-6-13(7-5-11)14-8-9-22-16(14)17(20)18-12(2)15(10-19)21-3/h4-9,12,15,19H,10H2,1-3H3,(H,18,20). The Balaban J connectivity index is 2.18. The first-order chi connectivity index (χ1) is 10.6.